The Hall–Kier alpha value is -0.770. The monoisotopic (exact) mass is 201 g/mol. The van der Waals surface area contributed by atoms with E-state index in [1.165, 1.54) is 0 Å². The Morgan fingerprint density at radius 3 is 3.00 bits per heavy atom. The predicted octanol–water partition coefficient (Wildman–Crippen LogP) is 1.24. The number of amides is 1. The Morgan fingerprint density at radius 2 is 2.43 bits per heavy atom. The second-order valence-electron chi connectivity index (χ2n) is 3.75. The highest BCUT2D eigenvalue weighted by Crippen LogP contribution is 2.16. The Bertz CT molecular complexity index is 184. The van der Waals surface area contributed by atoms with Crippen LogP contribution in [0.25, 0.3) is 0 Å². The molecule has 0 radical (unpaired) electrons. The predicted molar refractivity (Wildman–Crippen MR) is 53.0 cm³/mol. The zero-order chi connectivity index (χ0) is 10.4. The lowest BCUT2D eigenvalue weighted by molar-refractivity contribution is 0.106. The summed E-state index contributed by atoms with van der Waals surface area (Å²) < 4.78 is 5.06. The van der Waals surface area contributed by atoms with Crippen molar-refractivity contribution in [3.8, 4) is 0 Å². The van der Waals surface area contributed by atoms with E-state index < -0.39 is 0 Å². The molecule has 1 heterocycles. The molecule has 1 aliphatic heterocycles. The maximum Gasteiger partial charge on any atom is 0.409 e. The molecular formula is C10H19NO3. The molecule has 0 aromatic rings. The number of unbranched alkanes of at least 4 members (excludes halogenated alkanes) is 1. The van der Waals surface area contributed by atoms with Crippen LogP contribution in [-0.4, -0.2) is 42.4 Å². The van der Waals surface area contributed by atoms with Crippen LogP contribution in [0.3, 0.4) is 0 Å². The van der Waals surface area contributed by atoms with Gasteiger partial charge in [-0.2, -0.15) is 0 Å². The summed E-state index contributed by atoms with van der Waals surface area (Å²) in [5, 5.41) is 8.90. The van der Waals surface area contributed by atoms with E-state index in [2.05, 4.69) is 6.92 Å². The van der Waals surface area contributed by atoms with E-state index in [1.807, 2.05) is 0 Å². The van der Waals surface area contributed by atoms with Gasteiger partial charge in [0.1, 0.15) is 0 Å². The number of carbonyl (C=O) groups is 1. The van der Waals surface area contributed by atoms with Crippen LogP contribution in [0.1, 0.15) is 26.2 Å². The van der Waals surface area contributed by atoms with Gasteiger partial charge in [-0.15, -0.1) is 0 Å². The number of aliphatic hydroxyl groups is 1. The fraction of sp³-hybridized carbons (Fsp3) is 0.900. The smallest absolute Gasteiger partial charge is 0.409 e. The second-order valence-corrected chi connectivity index (χ2v) is 3.75. The molecule has 1 saturated heterocycles. The van der Waals surface area contributed by atoms with Gasteiger partial charge in [0.15, 0.2) is 0 Å². The summed E-state index contributed by atoms with van der Waals surface area (Å²) in [7, 11) is 0. The molecule has 0 bridgehead atoms. The molecule has 1 atom stereocenters. The van der Waals surface area contributed by atoms with Gasteiger partial charge in [-0.25, -0.2) is 4.79 Å². The van der Waals surface area contributed by atoms with E-state index in [9.17, 15) is 4.79 Å². The van der Waals surface area contributed by atoms with Gasteiger partial charge in [-0.3, -0.25) is 0 Å². The molecule has 1 amide bonds. The van der Waals surface area contributed by atoms with Crippen molar-refractivity contribution in [2.24, 2.45) is 5.92 Å². The van der Waals surface area contributed by atoms with Crippen molar-refractivity contribution in [1.29, 1.82) is 0 Å². The number of hydrogen-bond donors (Lipinski definition) is 1. The third-order valence-electron chi connectivity index (χ3n) is 2.53. The number of carbonyl (C=O) groups excluding carboxylic acids is 1. The zero-order valence-electron chi connectivity index (χ0n) is 8.74. The van der Waals surface area contributed by atoms with E-state index in [0.717, 1.165) is 25.8 Å². The van der Waals surface area contributed by atoms with Crippen molar-refractivity contribution in [2.75, 3.05) is 26.3 Å². The Morgan fingerprint density at radius 1 is 1.64 bits per heavy atom. The topological polar surface area (TPSA) is 49.8 Å². The molecule has 4 nitrogen and oxygen atoms in total. The number of ether oxygens (including phenoxy) is 1. The Balaban J connectivity index is 2.18. The molecule has 0 aliphatic carbocycles. The number of nitrogens with zero attached hydrogens (tertiary/aromatic N) is 1. The van der Waals surface area contributed by atoms with Crippen LogP contribution >= 0.6 is 0 Å². The van der Waals surface area contributed by atoms with Gasteiger partial charge in [0, 0.05) is 25.6 Å². The molecule has 0 aromatic carbocycles. The third-order valence-corrected chi connectivity index (χ3v) is 2.53. The van der Waals surface area contributed by atoms with Gasteiger partial charge in [0.25, 0.3) is 0 Å². The van der Waals surface area contributed by atoms with E-state index in [-0.39, 0.29) is 18.6 Å². The van der Waals surface area contributed by atoms with Gasteiger partial charge in [-0.1, -0.05) is 13.3 Å². The van der Waals surface area contributed by atoms with Crippen molar-refractivity contribution in [3.05, 3.63) is 0 Å². The molecular weight excluding hydrogens is 182 g/mol. The summed E-state index contributed by atoms with van der Waals surface area (Å²) in [6.07, 6.45) is 2.61. The first-order valence-corrected chi connectivity index (χ1v) is 5.30. The molecule has 0 aromatic heterocycles. The lowest BCUT2D eigenvalue weighted by atomic mass is 10.1. The average Bonchev–Trinajstić information content (AvgIpc) is 2.66. The quantitative estimate of drug-likeness (QED) is 0.696. The van der Waals surface area contributed by atoms with Crippen LogP contribution in [0.5, 0.6) is 0 Å². The summed E-state index contributed by atoms with van der Waals surface area (Å²) >= 11 is 0. The average molecular weight is 201 g/mol. The van der Waals surface area contributed by atoms with Crippen LogP contribution in [0.4, 0.5) is 4.79 Å². The van der Waals surface area contributed by atoms with Crippen LogP contribution in [0.2, 0.25) is 0 Å². The maximum atomic E-state index is 11.4. The molecule has 0 spiro atoms. The highest BCUT2D eigenvalue weighted by Gasteiger charge is 2.26. The SMILES string of the molecule is CCCCOC(=O)N1CC[C@H](CO)C1. The normalized spacial score (nSPS) is 21.3. The standard InChI is InChI=1S/C10H19NO3/c1-2-3-6-14-10(13)11-5-4-9(7-11)8-12/h9,12H,2-8H2,1H3/t9-/m0/s1. The highest BCUT2D eigenvalue weighted by atomic mass is 16.6. The Labute approximate surface area is 84.8 Å². The fourth-order valence-corrected chi connectivity index (χ4v) is 1.54. The molecule has 0 saturated carbocycles. The van der Waals surface area contributed by atoms with Gasteiger partial charge < -0.3 is 14.7 Å². The molecule has 4 heteroatoms. The van der Waals surface area contributed by atoms with E-state index in [1.54, 1.807) is 4.90 Å². The van der Waals surface area contributed by atoms with E-state index >= 15 is 0 Å². The summed E-state index contributed by atoms with van der Waals surface area (Å²) in [6.45, 7) is 4.09. The van der Waals surface area contributed by atoms with Crippen LogP contribution < -0.4 is 0 Å². The molecule has 1 N–H and O–H groups in total. The minimum absolute atomic E-state index is 0.165. The van der Waals surface area contributed by atoms with Crippen molar-refractivity contribution in [1.82, 2.24) is 4.90 Å². The summed E-state index contributed by atoms with van der Waals surface area (Å²) in [4.78, 5) is 13.1. The minimum Gasteiger partial charge on any atom is -0.449 e. The molecule has 1 rings (SSSR count). The third kappa shape index (κ3) is 3.18. The molecule has 14 heavy (non-hydrogen) atoms. The van der Waals surface area contributed by atoms with Gasteiger partial charge >= 0.3 is 6.09 Å². The van der Waals surface area contributed by atoms with Gasteiger partial charge in [0.05, 0.1) is 6.61 Å². The first kappa shape index (κ1) is 11.3. The lowest BCUT2D eigenvalue weighted by Gasteiger charge is -2.15. The van der Waals surface area contributed by atoms with Crippen molar-refractivity contribution in [2.45, 2.75) is 26.2 Å². The van der Waals surface area contributed by atoms with Crippen molar-refractivity contribution < 1.29 is 14.6 Å². The van der Waals surface area contributed by atoms with E-state index in [4.69, 9.17) is 9.84 Å². The summed E-state index contributed by atoms with van der Waals surface area (Å²) in [6, 6.07) is 0. The molecule has 82 valence electrons. The van der Waals surface area contributed by atoms with Gasteiger partial charge in [0.2, 0.25) is 0 Å². The fourth-order valence-electron chi connectivity index (χ4n) is 1.54. The molecule has 1 aliphatic rings. The minimum atomic E-state index is -0.227. The second kappa shape index (κ2) is 5.86. The van der Waals surface area contributed by atoms with Crippen molar-refractivity contribution in [3.63, 3.8) is 0 Å². The first-order chi connectivity index (χ1) is 6.77. The zero-order valence-corrected chi connectivity index (χ0v) is 8.74. The summed E-state index contributed by atoms with van der Waals surface area (Å²) in [5.41, 5.74) is 0. The Kier molecular flexibility index (Phi) is 4.73. The number of aliphatic hydroxyl groups excluding tert-OH is 1. The van der Waals surface area contributed by atoms with Crippen molar-refractivity contribution >= 4 is 6.09 Å². The first-order valence-electron chi connectivity index (χ1n) is 5.30. The molecule has 1 fully saturated rings. The molecule has 0 unspecified atom stereocenters. The number of rotatable bonds is 4. The number of hydrogen-bond acceptors (Lipinski definition) is 3. The van der Waals surface area contributed by atoms with Crippen LogP contribution in [0.15, 0.2) is 0 Å². The lowest BCUT2D eigenvalue weighted by Crippen LogP contribution is -2.30. The highest BCUT2D eigenvalue weighted by molar-refractivity contribution is 5.67. The van der Waals surface area contributed by atoms with Crippen LogP contribution in [-0.2, 0) is 4.74 Å². The number of likely N-dealkylation sites (tertiary alicyclic amines) is 1. The van der Waals surface area contributed by atoms with E-state index in [0.29, 0.717) is 13.2 Å². The van der Waals surface area contributed by atoms with Crippen LogP contribution in [0, 0.1) is 5.92 Å². The maximum absolute atomic E-state index is 11.4. The summed E-state index contributed by atoms with van der Waals surface area (Å²) in [5.74, 6) is 0.244. The largest absolute Gasteiger partial charge is 0.449 e. The van der Waals surface area contributed by atoms with Gasteiger partial charge in [-0.05, 0) is 12.8 Å².